The molecule has 2 aromatic rings. The minimum Gasteiger partial charge on any atom is -0.339 e. The van der Waals surface area contributed by atoms with E-state index >= 15 is 0 Å². The molecule has 5 nitrogen and oxygen atoms in total. The summed E-state index contributed by atoms with van der Waals surface area (Å²) in [6.45, 7) is 2.11. The van der Waals surface area contributed by atoms with Gasteiger partial charge in [0.2, 0.25) is 0 Å². The van der Waals surface area contributed by atoms with E-state index in [1.54, 1.807) is 42.2 Å². The fourth-order valence-corrected chi connectivity index (χ4v) is 5.36. The van der Waals surface area contributed by atoms with Crippen LogP contribution in [0.25, 0.3) is 0 Å². The molecule has 1 saturated carbocycles. The van der Waals surface area contributed by atoms with Gasteiger partial charge in [-0.15, -0.1) is 0 Å². The van der Waals surface area contributed by atoms with E-state index in [0.717, 1.165) is 25.7 Å². The van der Waals surface area contributed by atoms with E-state index < -0.39 is 10.0 Å². The Morgan fingerprint density at radius 2 is 1.68 bits per heavy atom. The van der Waals surface area contributed by atoms with Gasteiger partial charge in [0.15, 0.2) is 0 Å². The van der Waals surface area contributed by atoms with Crippen LogP contribution < -0.4 is 4.31 Å². The molecule has 1 aliphatic carbocycles. The first-order valence-electron chi connectivity index (χ1n) is 9.90. The molecule has 0 N–H and O–H groups in total. The van der Waals surface area contributed by atoms with E-state index in [2.05, 4.69) is 0 Å². The van der Waals surface area contributed by atoms with Crippen LogP contribution in [0, 0.1) is 0 Å². The first kappa shape index (κ1) is 20.4. The molecule has 0 atom stereocenters. The van der Waals surface area contributed by atoms with Crippen molar-refractivity contribution in [3.05, 3.63) is 60.2 Å². The predicted octanol–water partition coefficient (Wildman–Crippen LogP) is 4.31. The lowest BCUT2D eigenvalue weighted by atomic mass is 9.94. The Morgan fingerprint density at radius 3 is 2.32 bits per heavy atom. The predicted molar refractivity (Wildman–Crippen MR) is 112 cm³/mol. The highest BCUT2D eigenvalue weighted by Gasteiger charge is 2.27. The molecule has 6 heteroatoms. The molecule has 2 aromatic carbocycles. The number of carbonyl (C=O) groups is 1. The maximum atomic E-state index is 13.2. The summed E-state index contributed by atoms with van der Waals surface area (Å²) in [6.07, 6.45) is 5.52. The Labute approximate surface area is 168 Å². The van der Waals surface area contributed by atoms with Crippen molar-refractivity contribution in [2.45, 2.75) is 50.0 Å². The number of rotatable bonds is 6. The van der Waals surface area contributed by atoms with E-state index in [4.69, 9.17) is 0 Å². The third-order valence-corrected chi connectivity index (χ3v) is 7.34. The monoisotopic (exact) mass is 400 g/mol. The van der Waals surface area contributed by atoms with Crippen LogP contribution >= 0.6 is 0 Å². The summed E-state index contributed by atoms with van der Waals surface area (Å²) < 4.78 is 27.8. The first-order valence-corrected chi connectivity index (χ1v) is 11.3. The molecule has 150 valence electrons. The number of hydrogen-bond acceptors (Lipinski definition) is 3. The van der Waals surface area contributed by atoms with Gasteiger partial charge in [0, 0.05) is 25.2 Å². The minimum absolute atomic E-state index is 0.119. The van der Waals surface area contributed by atoms with Crippen molar-refractivity contribution >= 4 is 21.6 Å². The average Bonchev–Trinajstić information content (AvgIpc) is 2.74. The van der Waals surface area contributed by atoms with Gasteiger partial charge in [-0.25, -0.2) is 8.42 Å². The summed E-state index contributed by atoms with van der Waals surface area (Å²) in [4.78, 5) is 14.9. The van der Waals surface area contributed by atoms with Crippen molar-refractivity contribution in [1.82, 2.24) is 4.90 Å². The van der Waals surface area contributed by atoms with Crippen molar-refractivity contribution in [1.29, 1.82) is 0 Å². The van der Waals surface area contributed by atoms with Crippen molar-refractivity contribution in [3.8, 4) is 0 Å². The van der Waals surface area contributed by atoms with Crippen LogP contribution in [-0.2, 0) is 10.0 Å². The van der Waals surface area contributed by atoms with Gasteiger partial charge in [-0.3, -0.25) is 9.10 Å². The van der Waals surface area contributed by atoms with Crippen LogP contribution in [0.5, 0.6) is 0 Å². The zero-order chi connectivity index (χ0) is 20.1. The topological polar surface area (TPSA) is 57.7 Å². The SMILES string of the molecule is CCN(c1ccccc1)S(=O)(=O)c1cccc(C(=O)N(C)C2CCCCC2)c1. The number of hydrogen-bond donors (Lipinski definition) is 0. The van der Waals surface area contributed by atoms with Gasteiger partial charge in [-0.05, 0) is 50.1 Å². The lowest BCUT2D eigenvalue weighted by Gasteiger charge is -2.31. The zero-order valence-electron chi connectivity index (χ0n) is 16.5. The molecule has 0 heterocycles. The average molecular weight is 401 g/mol. The van der Waals surface area contributed by atoms with E-state index in [1.165, 1.54) is 16.8 Å². The maximum Gasteiger partial charge on any atom is 0.264 e. The zero-order valence-corrected chi connectivity index (χ0v) is 17.4. The third kappa shape index (κ3) is 4.22. The normalized spacial score (nSPS) is 15.2. The van der Waals surface area contributed by atoms with E-state index in [9.17, 15) is 13.2 Å². The quantitative estimate of drug-likeness (QED) is 0.726. The van der Waals surface area contributed by atoms with Crippen LogP contribution in [0.3, 0.4) is 0 Å². The fraction of sp³-hybridized carbons (Fsp3) is 0.409. The Balaban J connectivity index is 1.88. The first-order chi connectivity index (χ1) is 13.4. The molecule has 1 aliphatic rings. The Morgan fingerprint density at radius 1 is 1.00 bits per heavy atom. The Kier molecular flexibility index (Phi) is 6.39. The molecule has 0 aromatic heterocycles. The molecule has 0 spiro atoms. The molecule has 3 rings (SSSR count). The number of para-hydroxylation sites is 1. The smallest absolute Gasteiger partial charge is 0.264 e. The summed E-state index contributed by atoms with van der Waals surface area (Å²) in [5.41, 5.74) is 1.03. The summed E-state index contributed by atoms with van der Waals surface area (Å²) in [6, 6.07) is 15.6. The summed E-state index contributed by atoms with van der Waals surface area (Å²) in [7, 11) is -1.93. The number of amides is 1. The summed E-state index contributed by atoms with van der Waals surface area (Å²) >= 11 is 0. The molecular formula is C22H28N2O3S. The largest absolute Gasteiger partial charge is 0.339 e. The highest BCUT2D eigenvalue weighted by molar-refractivity contribution is 7.92. The summed E-state index contributed by atoms with van der Waals surface area (Å²) in [5.74, 6) is -0.119. The van der Waals surface area contributed by atoms with Gasteiger partial charge in [-0.1, -0.05) is 43.5 Å². The summed E-state index contributed by atoms with van der Waals surface area (Å²) in [5, 5.41) is 0. The minimum atomic E-state index is -3.75. The lowest BCUT2D eigenvalue weighted by molar-refractivity contribution is 0.0696. The molecule has 0 aliphatic heterocycles. The third-order valence-electron chi connectivity index (χ3n) is 5.44. The number of benzene rings is 2. The molecular weight excluding hydrogens is 372 g/mol. The van der Waals surface area contributed by atoms with E-state index in [1.807, 2.05) is 25.2 Å². The van der Waals surface area contributed by atoms with E-state index in [-0.39, 0.29) is 16.8 Å². The molecule has 0 unspecified atom stereocenters. The fourth-order valence-electron chi connectivity index (χ4n) is 3.84. The van der Waals surface area contributed by atoms with Gasteiger partial charge in [-0.2, -0.15) is 0 Å². The highest BCUT2D eigenvalue weighted by Crippen LogP contribution is 2.26. The molecule has 0 bridgehead atoms. The number of carbonyl (C=O) groups excluding carboxylic acids is 1. The van der Waals surface area contributed by atoms with Gasteiger partial charge in [0.25, 0.3) is 15.9 Å². The molecule has 0 radical (unpaired) electrons. The molecule has 1 amide bonds. The van der Waals surface area contributed by atoms with Crippen molar-refractivity contribution < 1.29 is 13.2 Å². The van der Waals surface area contributed by atoms with Crippen LogP contribution in [0.4, 0.5) is 5.69 Å². The standard InChI is InChI=1S/C22H28N2O3S/c1-3-24(20-14-8-5-9-15-20)28(26,27)21-16-10-11-18(17-21)22(25)23(2)19-12-6-4-7-13-19/h5,8-11,14-17,19H,3-4,6-7,12-13H2,1-2H3. The van der Waals surface area contributed by atoms with Crippen LogP contribution in [0.2, 0.25) is 0 Å². The lowest BCUT2D eigenvalue weighted by Crippen LogP contribution is -2.38. The van der Waals surface area contributed by atoms with Crippen LogP contribution in [0.15, 0.2) is 59.5 Å². The number of sulfonamides is 1. The second-order valence-corrected chi connectivity index (χ2v) is 9.10. The molecule has 0 saturated heterocycles. The van der Waals surface area contributed by atoms with Crippen molar-refractivity contribution in [2.75, 3.05) is 17.9 Å². The van der Waals surface area contributed by atoms with Gasteiger partial charge < -0.3 is 4.90 Å². The number of anilines is 1. The maximum absolute atomic E-state index is 13.2. The van der Waals surface area contributed by atoms with Gasteiger partial charge in [0.1, 0.15) is 0 Å². The number of nitrogens with zero attached hydrogens (tertiary/aromatic N) is 2. The van der Waals surface area contributed by atoms with E-state index in [0.29, 0.717) is 17.8 Å². The van der Waals surface area contributed by atoms with Crippen LogP contribution in [0.1, 0.15) is 49.4 Å². The molecule has 1 fully saturated rings. The van der Waals surface area contributed by atoms with Crippen molar-refractivity contribution in [2.24, 2.45) is 0 Å². The second kappa shape index (κ2) is 8.78. The van der Waals surface area contributed by atoms with Crippen LogP contribution in [-0.4, -0.2) is 38.9 Å². The van der Waals surface area contributed by atoms with Crippen molar-refractivity contribution in [3.63, 3.8) is 0 Å². The Hall–Kier alpha value is -2.34. The second-order valence-electron chi connectivity index (χ2n) is 7.24. The van der Waals surface area contributed by atoms with Gasteiger partial charge in [0.05, 0.1) is 10.6 Å². The molecule has 28 heavy (non-hydrogen) atoms. The highest BCUT2D eigenvalue weighted by atomic mass is 32.2. The van der Waals surface area contributed by atoms with Gasteiger partial charge >= 0.3 is 0 Å². The Bertz CT molecular complexity index is 906.